The van der Waals surface area contributed by atoms with E-state index in [-0.39, 0.29) is 29.9 Å². The van der Waals surface area contributed by atoms with Crippen LogP contribution in [0, 0.1) is 11.8 Å². The van der Waals surface area contributed by atoms with Crippen molar-refractivity contribution in [2.75, 3.05) is 40.6 Å². The molecule has 2 aliphatic heterocycles. The SMILES string of the molecule is CNC(=O)c1cc(C(=O)N[C@H]2[C@@H]3COC[C@@H]32)cc2c1O[C@H](C)[C@H]2c1cccc(OCCOC)c1. The molecular weight excluding hydrogens is 436 g/mol. The lowest BCUT2D eigenvalue weighted by Crippen LogP contribution is -2.30. The van der Waals surface area contributed by atoms with Gasteiger partial charge in [-0.1, -0.05) is 12.1 Å². The lowest BCUT2D eigenvalue weighted by atomic mass is 9.86. The molecule has 0 radical (unpaired) electrons. The average molecular weight is 467 g/mol. The van der Waals surface area contributed by atoms with Crippen LogP contribution in [0.1, 0.15) is 44.7 Å². The summed E-state index contributed by atoms with van der Waals surface area (Å²) in [7, 11) is 3.21. The van der Waals surface area contributed by atoms with Gasteiger partial charge in [0.05, 0.1) is 25.4 Å². The van der Waals surface area contributed by atoms with Crippen LogP contribution in [0.15, 0.2) is 36.4 Å². The summed E-state index contributed by atoms with van der Waals surface area (Å²) in [4.78, 5) is 25.9. The fourth-order valence-corrected chi connectivity index (χ4v) is 5.13. The van der Waals surface area contributed by atoms with E-state index in [0.29, 0.717) is 55.1 Å². The van der Waals surface area contributed by atoms with Gasteiger partial charge >= 0.3 is 0 Å². The molecule has 2 aromatic carbocycles. The Bertz CT molecular complexity index is 1090. The van der Waals surface area contributed by atoms with Crippen LogP contribution in [0.2, 0.25) is 0 Å². The molecule has 1 saturated carbocycles. The average Bonchev–Trinajstić information content (AvgIpc) is 3.15. The number of carbonyl (C=O) groups is 2. The largest absolute Gasteiger partial charge is 0.491 e. The Labute approximate surface area is 198 Å². The molecule has 3 aliphatic rings. The fraction of sp³-hybridized carbons (Fsp3) is 0.462. The molecule has 1 saturated heterocycles. The highest BCUT2D eigenvalue weighted by Crippen LogP contribution is 2.46. The predicted molar refractivity (Wildman–Crippen MR) is 125 cm³/mol. The van der Waals surface area contributed by atoms with Gasteiger partial charge < -0.3 is 29.6 Å². The van der Waals surface area contributed by atoms with Gasteiger partial charge in [-0.05, 0) is 36.8 Å². The zero-order valence-electron chi connectivity index (χ0n) is 19.6. The Hall–Kier alpha value is -3.10. The molecule has 180 valence electrons. The molecule has 0 unspecified atom stereocenters. The second-order valence-electron chi connectivity index (χ2n) is 9.10. The first-order chi connectivity index (χ1) is 16.5. The quantitative estimate of drug-likeness (QED) is 0.580. The van der Waals surface area contributed by atoms with E-state index in [9.17, 15) is 9.59 Å². The highest BCUT2D eigenvalue weighted by Gasteiger charge is 2.54. The van der Waals surface area contributed by atoms with Crippen molar-refractivity contribution in [3.05, 3.63) is 58.7 Å². The number of nitrogens with one attached hydrogen (secondary N) is 2. The summed E-state index contributed by atoms with van der Waals surface area (Å²) in [6.45, 7) is 4.31. The number of benzene rings is 2. The van der Waals surface area contributed by atoms with Crippen LogP contribution in [-0.2, 0) is 9.47 Å². The topological polar surface area (TPSA) is 95.1 Å². The van der Waals surface area contributed by atoms with Crippen molar-refractivity contribution in [1.29, 1.82) is 0 Å². The normalized spacial score (nSPS) is 26.3. The van der Waals surface area contributed by atoms with E-state index < -0.39 is 0 Å². The zero-order chi connectivity index (χ0) is 23.8. The van der Waals surface area contributed by atoms with Gasteiger partial charge in [0.15, 0.2) is 0 Å². The lowest BCUT2D eigenvalue weighted by Gasteiger charge is -2.17. The van der Waals surface area contributed by atoms with Gasteiger partial charge in [-0.25, -0.2) is 0 Å². The molecule has 0 spiro atoms. The van der Waals surface area contributed by atoms with E-state index in [1.54, 1.807) is 20.2 Å². The fourth-order valence-electron chi connectivity index (χ4n) is 5.13. The molecule has 34 heavy (non-hydrogen) atoms. The Morgan fingerprint density at radius 3 is 2.62 bits per heavy atom. The van der Waals surface area contributed by atoms with E-state index in [2.05, 4.69) is 10.6 Å². The Morgan fingerprint density at radius 1 is 1.09 bits per heavy atom. The van der Waals surface area contributed by atoms with Crippen LogP contribution in [0.25, 0.3) is 0 Å². The molecule has 2 fully saturated rings. The third kappa shape index (κ3) is 4.12. The van der Waals surface area contributed by atoms with E-state index >= 15 is 0 Å². The molecule has 2 aromatic rings. The summed E-state index contributed by atoms with van der Waals surface area (Å²) in [5, 5.41) is 5.80. The molecule has 1 aliphatic carbocycles. The van der Waals surface area contributed by atoms with Crippen LogP contribution in [0.4, 0.5) is 0 Å². The minimum absolute atomic E-state index is 0.143. The molecule has 2 heterocycles. The molecule has 8 heteroatoms. The maximum atomic E-state index is 13.2. The highest BCUT2D eigenvalue weighted by molar-refractivity contribution is 6.02. The Kier molecular flexibility index (Phi) is 6.18. The second-order valence-corrected chi connectivity index (χ2v) is 9.10. The standard InChI is InChI=1S/C26H30N2O6/c1-14-22(15-5-4-6-17(9-15)33-8-7-31-3)18-10-16(11-19(24(18)34-14)26(30)27-2)25(29)28-23-20-12-32-13-21(20)23/h4-6,9-11,14,20-23H,7-8,12-13H2,1-3H3,(H,27,30)(H,28,29)/t14-,20-,21+,22+,23+/m1/s1. The molecule has 5 rings (SSSR count). The van der Waals surface area contributed by atoms with Gasteiger partial charge in [0.1, 0.15) is 24.2 Å². The van der Waals surface area contributed by atoms with Crippen LogP contribution >= 0.6 is 0 Å². The second kappa shape index (κ2) is 9.27. The summed E-state index contributed by atoms with van der Waals surface area (Å²) in [5.41, 5.74) is 2.65. The molecule has 2 N–H and O–H groups in total. The van der Waals surface area contributed by atoms with Crippen LogP contribution in [0.5, 0.6) is 11.5 Å². The summed E-state index contributed by atoms with van der Waals surface area (Å²) in [6.07, 6.45) is -0.217. The maximum Gasteiger partial charge on any atom is 0.254 e. The highest BCUT2D eigenvalue weighted by atomic mass is 16.5. The zero-order valence-corrected chi connectivity index (χ0v) is 19.6. The predicted octanol–water partition coefficient (Wildman–Crippen LogP) is 2.36. The number of rotatable bonds is 8. The Morgan fingerprint density at radius 2 is 1.88 bits per heavy atom. The third-order valence-electron chi connectivity index (χ3n) is 6.98. The number of hydrogen-bond donors (Lipinski definition) is 2. The van der Waals surface area contributed by atoms with Gasteiger partial charge in [-0.2, -0.15) is 0 Å². The summed E-state index contributed by atoms with van der Waals surface area (Å²) in [5.74, 6) is 1.44. The molecule has 5 atom stereocenters. The van der Waals surface area contributed by atoms with E-state index in [4.69, 9.17) is 18.9 Å². The number of amides is 2. The lowest BCUT2D eigenvalue weighted by molar-refractivity contribution is 0.0928. The number of carbonyl (C=O) groups excluding carboxylic acids is 2. The summed E-state index contributed by atoms with van der Waals surface area (Å²) >= 11 is 0. The first-order valence-corrected chi connectivity index (χ1v) is 11.7. The first-order valence-electron chi connectivity index (χ1n) is 11.7. The molecule has 8 nitrogen and oxygen atoms in total. The van der Waals surface area contributed by atoms with Crippen molar-refractivity contribution in [3.8, 4) is 11.5 Å². The number of hydrogen-bond acceptors (Lipinski definition) is 6. The van der Waals surface area contributed by atoms with Crippen molar-refractivity contribution >= 4 is 11.8 Å². The number of ether oxygens (including phenoxy) is 4. The van der Waals surface area contributed by atoms with Gasteiger partial charge in [0, 0.05) is 49.1 Å². The van der Waals surface area contributed by atoms with E-state index in [1.165, 1.54) is 0 Å². The van der Waals surface area contributed by atoms with Gasteiger partial charge in [-0.3, -0.25) is 9.59 Å². The minimum Gasteiger partial charge on any atom is -0.491 e. The smallest absolute Gasteiger partial charge is 0.254 e. The van der Waals surface area contributed by atoms with Crippen molar-refractivity contribution < 1.29 is 28.5 Å². The monoisotopic (exact) mass is 466 g/mol. The van der Waals surface area contributed by atoms with Crippen molar-refractivity contribution in [1.82, 2.24) is 10.6 Å². The molecule has 0 aromatic heterocycles. The van der Waals surface area contributed by atoms with Crippen molar-refractivity contribution in [2.24, 2.45) is 11.8 Å². The van der Waals surface area contributed by atoms with Crippen LogP contribution < -0.4 is 20.1 Å². The number of methoxy groups -OCH3 is 1. The van der Waals surface area contributed by atoms with E-state index in [1.807, 2.05) is 37.3 Å². The third-order valence-corrected chi connectivity index (χ3v) is 6.98. The van der Waals surface area contributed by atoms with Crippen molar-refractivity contribution in [3.63, 3.8) is 0 Å². The maximum absolute atomic E-state index is 13.2. The van der Waals surface area contributed by atoms with Crippen molar-refractivity contribution in [2.45, 2.75) is 25.0 Å². The first kappa shape index (κ1) is 22.7. The van der Waals surface area contributed by atoms with Gasteiger partial charge in [-0.15, -0.1) is 0 Å². The van der Waals surface area contributed by atoms with Crippen LogP contribution in [-0.4, -0.2) is 64.5 Å². The Balaban J connectivity index is 1.47. The minimum atomic E-state index is -0.285. The number of fused-ring (bicyclic) bond motifs is 2. The molecular formula is C26H30N2O6. The van der Waals surface area contributed by atoms with Gasteiger partial charge in [0.25, 0.3) is 11.8 Å². The molecule has 0 bridgehead atoms. The van der Waals surface area contributed by atoms with E-state index in [0.717, 1.165) is 16.9 Å². The van der Waals surface area contributed by atoms with Gasteiger partial charge in [0.2, 0.25) is 0 Å². The summed E-state index contributed by atoms with van der Waals surface area (Å²) in [6, 6.07) is 11.5. The summed E-state index contributed by atoms with van der Waals surface area (Å²) < 4.78 is 22.5. The van der Waals surface area contributed by atoms with Crippen LogP contribution in [0.3, 0.4) is 0 Å². The molecule has 2 amide bonds.